The van der Waals surface area contributed by atoms with Crippen LogP contribution in [0.2, 0.25) is 0 Å². The molecule has 270 valence electrons. The van der Waals surface area contributed by atoms with Gasteiger partial charge in [-0.2, -0.15) is 0 Å². The smallest absolute Gasteiger partial charge is 0.410 e. The molecule has 0 radical (unpaired) electrons. The first kappa shape index (κ1) is 37.3. The van der Waals surface area contributed by atoms with Gasteiger partial charge in [0.25, 0.3) is 0 Å². The fourth-order valence-electron chi connectivity index (χ4n) is 6.73. The van der Waals surface area contributed by atoms with Crippen LogP contribution in [0.1, 0.15) is 55.5 Å². The van der Waals surface area contributed by atoms with Crippen LogP contribution in [0.3, 0.4) is 0 Å². The number of rotatable bonds is 14. The number of nitrogens with zero attached hydrogens (tertiary/aromatic N) is 2. The van der Waals surface area contributed by atoms with E-state index in [-0.39, 0.29) is 12.3 Å². The number of aliphatic hydroxyl groups excluding tert-OH is 2. The summed E-state index contributed by atoms with van der Waals surface area (Å²) in [5.74, 6) is -0.187. The van der Waals surface area contributed by atoms with Crippen LogP contribution in [0, 0.1) is 5.92 Å². The summed E-state index contributed by atoms with van der Waals surface area (Å²) < 4.78 is 17.1. The molecule has 1 saturated heterocycles. The molecule has 1 aliphatic carbocycles. The van der Waals surface area contributed by atoms with Gasteiger partial charge in [-0.05, 0) is 74.4 Å². The van der Waals surface area contributed by atoms with Gasteiger partial charge in [-0.3, -0.25) is 9.69 Å². The normalized spacial score (nSPS) is 19.6. The van der Waals surface area contributed by atoms with E-state index in [2.05, 4.69) is 10.2 Å². The lowest BCUT2D eigenvalue weighted by molar-refractivity contribution is -0.128. The average Bonchev–Trinajstić information content (AvgIpc) is 3.41. The van der Waals surface area contributed by atoms with Crippen LogP contribution in [0.25, 0.3) is 0 Å². The quantitative estimate of drug-likeness (QED) is 0.226. The summed E-state index contributed by atoms with van der Waals surface area (Å²) in [5, 5.41) is 25.9. The van der Waals surface area contributed by atoms with E-state index in [1.165, 1.54) is 4.90 Å². The molecule has 1 fully saturated rings. The third-order valence-corrected chi connectivity index (χ3v) is 9.49. The molecule has 50 heavy (non-hydrogen) atoms. The second-order valence-electron chi connectivity index (χ2n) is 14.5. The van der Waals surface area contributed by atoms with E-state index >= 15 is 0 Å². The lowest BCUT2D eigenvalue weighted by Gasteiger charge is -2.35. The maximum Gasteiger partial charge on any atom is 0.410 e. The van der Waals surface area contributed by atoms with E-state index in [1.54, 1.807) is 27.8 Å². The number of carbonyl (C=O) groups excluding carboxylic acids is 2. The maximum atomic E-state index is 14.1. The van der Waals surface area contributed by atoms with E-state index in [4.69, 9.17) is 14.2 Å². The molecule has 0 aromatic heterocycles. The van der Waals surface area contributed by atoms with E-state index < -0.39 is 41.9 Å². The van der Waals surface area contributed by atoms with Crippen molar-refractivity contribution in [1.29, 1.82) is 0 Å². The Bertz CT molecular complexity index is 1520. The van der Waals surface area contributed by atoms with Gasteiger partial charge in [0.2, 0.25) is 5.91 Å². The number of fused-ring (bicyclic) bond motifs is 1. The first-order chi connectivity index (χ1) is 24.0. The van der Waals surface area contributed by atoms with Crippen molar-refractivity contribution < 1.29 is 34.0 Å². The molecule has 2 amide bonds. The fourth-order valence-corrected chi connectivity index (χ4v) is 6.73. The molecule has 0 saturated carbocycles. The van der Waals surface area contributed by atoms with Crippen molar-refractivity contribution in [1.82, 2.24) is 15.1 Å². The van der Waals surface area contributed by atoms with Crippen LogP contribution in [-0.4, -0.2) is 102 Å². The summed E-state index contributed by atoms with van der Waals surface area (Å²) in [4.78, 5) is 31.2. The van der Waals surface area contributed by atoms with E-state index in [0.717, 1.165) is 60.9 Å². The highest BCUT2D eigenvalue weighted by Gasteiger charge is 2.37. The van der Waals surface area contributed by atoms with Crippen molar-refractivity contribution >= 4 is 12.0 Å². The summed E-state index contributed by atoms with van der Waals surface area (Å²) in [5.41, 5.74) is 3.05. The van der Waals surface area contributed by atoms with Crippen LogP contribution < -0.4 is 10.1 Å². The fraction of sp³-hybridized carbons (Fsp3) is 0.500. The Balaban J connectivity index is 1.33. The highest BCUT2D eigenvalue weighted by molar-refractivity contribution is 5.80. The molecule has 5 atom stereocenters. The van der Waals surface area contributed by atoms with Crippen LogP contribution in [0.5, 0.6) is 5.75 Å². The topological polar surface area (TPSA) is 121 Å². The molecule has 10 heteroatoms. The summed E-state index contributed by atoms with van der Waals surface area (Å²) in [6.07, 6.45) is -1.10. The highest BCUT2D eigenvalue weighted by atomic mass is 16.6. The van der Waals surface area contributed by atoms with E-state index in [1.807, 2.05) is 78.9 Å². The Hall–Kier alpha value is -3.96. The Morgan fingerprint density at radius 1 is 0.960 bits per heavy atom. The predicted octanol–water partition coefficient (Wildman–Crippen LogP) is 4.56. The minimum absolute atomic E-state index is 0.0821. The van der Waals surface area contributed by atoms with Crippen molar-refractivity contribution in [2.45, 2.75) is 76.3 Å². The van der Waals surface area contributed by atoms with Gasteiger partial charge in [-0.15, -0.1) is 0 Å². The SMILES string of the molecule is CN(C(=O)OC(C)(C)C)[C@@H](Cc1ccccc1)[C@@H](O)C[C@@H](Cc1ccc(OCCN2CCOCC2)cc1)C(=O)N[C@H]1c2ccccc2C[C@H]1O. The molecule has 3 aromatic carbocycles. The number of morpholine rings is 1. The predicted molar refractivity (Wildman–Crippen MR) is 192 cm³/mol. The zero-order valence-corrected chi connectivity index (χ0v) is 29.8. The van der Waals surface area contributed by atoms with Crippen molar-refractivity contribution in [2.75, 3.05) is 46.5 Å². The third-order valence-electron chi connectivity index (χ3n) is 9.49. The number of hydrogen-bond donors (Lipinski definition) is 3. The Kier molecular flexibility index (Phi) is 12.9. The van der Waals surface area contributed by atoms with Gasteiger partial charge in [0.15, 0.2) is 0 Å². The minimum Gasteiger partial charge on any atom is -0.492 e. The first-order valence-corrected chi connectivity index (χ1v) is 17.7. The van der Waals surface area contributed by atoms with Crippen LogP contribution in [0.4, 0.5) is 4.79 Å². The number of benzene rings is 3. The van der Waals surface area contributed by atoms with Crippen LogP contribution in [0.15, 0.2) is 78.9 Å². The molecule has 1 heterocycles. The lowest BCUT2D eigenvalue weighted by Crippen LogP contribution is -2.49. The van der Waals surface area contributed by atoms with Crippen molar-refractivity contribution in [3.8, 4) is 5.75 Å². The van der Waals surface area contributed by atoms with Gasteiger partial charge in [0.1, 0.15) is 18.0 Å². The number of aliphatic hydroxyl groups is 2. The number of hydrogen-bond acceptors (Lipinski definition) is 8. The number of nitrogens with one attached hydrogen (secondary N) is 1. The van der Waals surface area contributed by atoms with Crippen molar-refractivity contribution in [3.05, 3.63) is 101 Å². The van der Waals surface area contributed by atoms with Crippen molar-refractivity contribution in [2.24, 2.45) is 5.92 Å². The zero-order chi connectivity index (χ0) is 35.7. The molecule has 3 aromatic rings. The van der Waals surface area contributed by atoms with Crippen LogP contribution in [-0.2, 0) is 33.5 Å². The molecule has 0 spiro atoms. The molecular formula is C40H53N3O7. The Morgan fingerprint density at radius 3 is 2.32 bits per heavy atom. The second kappa shape index (κ2) is 17.3. The van der Waals surface area contributed by atoms with E-state index in [0.29, 0.717) is 25.9 Å². The summed E-state index contributed by atoms with van der Waals surface area (Å²) >= 11 is 0. The summed E-state index contributed by atoms with van der Waals surface area (Å²) in [7, 11) is 1.63. The molecule has 5 rings (SSSR count). The second-order valence-corrected chi connectivity index (χ2v) is 14.5. The summed E-state index contributed by atoms with van der Waals surface area (Å²) in [6, 6.07) is 23.9. The number of amides is 2. The van der Waals surface area contributed by atoms with Gasteiger partial charge in [0.05, 0.1) is 37.5 Å². The van der Waals surface area contributed by atoms with Gasteiger partial charge in [-0.1, -0.05) is 66.7 Å². The molecular weight excluding hydrogens is 634 g/mol. The zero-order valence-electron chi connectivity index (χ0n) is 29.8. The third kappa shape index (κ3) is 10.5. The Morgan fingerprint density at radius 2 is 1.62 bits per heavy atom. The molecule has 2 aliphatic rings. The van der Waals surface area contributed by atoms with Gasteiger partial charge in [-0.25, -0.2) is 4.79 Å². The monoisotopic (exact) mass is 687 g/mol. The average molecular weight is 688 g/mol. The molecule has 1 aliphatic heterocycles. The maximum absolute atomic E-state index is 14.1. The molecule has 0 bridgehead atoms. The Labute approximate surface area is 296 Å². The number of ether oxygens (including phenoxy) is 3. The van der Waals surface area contributed by atoms with Crippen LogP contribution >= 0.6 is 0 Å². The first-order valence-electron chi connectivity index (χ1n) is 17.7. The van der Waals surface area contributed by atoms with Gasteiger partial charge < -0.3 is 34.6 Å². The minimum atomic E-state index is -1.06. The summed E-state index contributed by atoms with van der Waals surface area (Å²) in [6.45, 7) is 10.1. The van der Waals surface area contributed by atoms with Crippen molar-refractivity contribution in [3.63, 3.8) is 0 Å². The van der Waals surface area contributed by atoms with Gasteiger partial charge in [0, 0.05) is 39.0 Å². The number of likely N-dealkylation sites (N-methyl/N-ethyl adjacent to an activating group) is 1. The molecule has 3 N–H and O–H groups in total. The highest BCUT2D eigenvalue weighted by Crippen LogP contribution is 2.32. The molecule has 0 unspecified atom stereocenters. The van der Waals surface area contributed by atoms with E-state index in [9.17, 15) is 19.8 Å². The molecule has 10 nitrogen and oxygen atoms in total. The standard InChI is InChI=1S/C40H53N3O7/c1-40(2,3)50-39(47)42(4)34(25-28-10-6-5-7-11-28)35(44)27-31(38(46)41-37-33-13-9-8-12-30(33)26-36(37)45)24-29-14-16-32(17-15-29)49-23-20-43-18-21-48-22-19-43/h5-17,31,34-37,44-45H,18-27H2,1-4H3,(H,41,46)/t31-,34+,35+,36-,37+/m1/s1. The number of carbonyl (C=O) groups is 2. The van der Waals surface area contributed by atoms with Gasteiger partial charge >= 0.3 is 6.09 Å². The largest absolute Gasteiger partial charge is 0.492 e. The lowest BCUT2D eigenvalue weighted by atomic mass is 9.88.